The fourth-order valence-corrected chi connectivity index (χ4v) is 5.27. The smallest absolute Gasteiger partial charge is 0.206 e. The summed E-state index contributed by atoms with van der Waals surface area (Å²) in [6.07, 6.45) is 0.144. The number of aryl methyl sites for hydroxylation is 1. The molecule has 5 heteroatoms. The van der Waals surface area contributed by atoms with Gasteiger partial charge in [-0.05, 0) is 92.6 Å². The zero-order valence-electron chi connectivity index (χ0n) is 21.4. The first kappa shape index (κ1) is 25.5. The van der Waals surface area contributed by atoms with Crippen LogP contribution in [0.1, 0.15) is 44.4 Å². The van der Waals surface area contributed by atoms with E-state index in [4.69, 9.17) is 9.47 Å². The SMILES string of the molecule is Cc1ccc(S(=O)(=O)c2ccc(Oc3ccc(C(C)(C)c4ccc(OC(C)C)cc4)cc3)cc2)cc1. The Morgan fingerprint density at radius 3 is 1.44 bits per heavy atom. The van der Waals surface area contributed by atoms with Gasteiger partial charge in [0.1, 0.15) is 17.2 Å². The summed E-state index contributed by atoms with van der Waals surface area (Å²) >= 11 is 0. The molecule has 0 N–H and O–H groups in total. The molecule has 0 unspecified atom stereocenters. The number of ether oxygens (including phenoxy) is 2. The van der Waals surface area contributed by atoms with Gasteiger partial charge in [-0.1, -0.05) is 55.8 Å². The molecule has 4 aromatic rings. The Kier molecular flexibility index (Phi) is 7.23. The van der Waals surface area contributed by atoms with Crippen LogP contribution in [0.5, 0.6) is 17.2 Å². The van der Waals surface area contributed by atoms with Crippen molar-refractivity contribution in [3.63, 3.8) is 0 Å². The first-order valence-electron chi connectivity index (χ1n) is 12.0. The lowest BCUT2D eigenvalue weighted by atomic mass is 9.78. The number of hydrogen-bond acceptors (Lipinski definition) is 4. The van der Waals surface area contributed by atoms with Crippen LogP contribution in [0.3, 0.4) is 0 Å². The summed E-state index contributed by atoms with van der Waals surface area (Å²) in [7, 11) is -3.57. The van der Waals surface area contributed by atoms with Gasteiger partial charge in [0.15, 0.2) is 0 Å². The van der Waals surface area contributed by atoms with Gasteiger partial charge in [-0.15, -0.1) is 0 Å². The van der Waals surface area contributed by atoms with E-state index in [1.165, 1.54) is 5.56 Å². The first-order chi connectivity index (χ1) is 17.1. The zero-order chi connectivity index (χ0) is 25.9. The molecule has 0 saturated heterocycles. The fraction of sp³-hybridized carbons (Fsp3) is 0.226. The van der Waals surface area contributed by atoms with Crippen molar-refractivity contribution < 1.29 is 17.9 Å². The molecule has 0 heterocycles. The Morgan fingerprint density at radius 1 is 0.611 bits per heavy atom. The van der Waals surface area contributed by atoms with E-state index in [1.54, 1.807) is 48.5 Å². The monoisotopic (exact) mass is 500 g/mol. The molecule has 0 aliphatic carbocycles. The van der Waals surface area contributed by atoms with Gasteiger partial charge in [0, 0.05) is 5.41 Å². The summed E-state index contributed by atoms with van der Waals surface area (Å²) in [5.74, 6) is 2.13. The van der Waals surface area contributed by atoms with Crippen molar-refractivity contribution in [2.45, 2.75) is 55.9 Å². The number of hydrogen-bond donors (Lipinski definition) is 0. The van der Waals surface area contributed by atoms with Crippen LogP contribution in [-0.2, 0) is 15.3 Å². The molecule has 186 valence electrons. The van der Waals surface area contributed by atoms with Crippen LogP contribution in [0, 0.1) is 6.92 Å². The molecule has 0 radical (unpaired) electrons. The Balaban J connectivity index is 1.46. The van der Waals surface area contributed by atoms with Crippen molar-refractivity contribution in [2.75, 3.05) is 0 Å². The molecule has 4 aromatic carbocycles. The van der Waals surface area contributed by atoms with E-state index in [2.05, 4.69) is 38.1 Å². The summed E-state index contributed by atoms with van der Waals surface area (Å²) in [5.41, 5.74) is 3.17. The van der Waals surface area contributed by atoms with Crippen LogP contribution in [-0.4, -0.2) is 14.5 Å². The standard InChI is InChI=1S/C31H32O4S/c1-22(2)34-26-12-8-24(9-13-26)31(4,5)25-10-14-27(15-11-25)35-28-16-20-30(21-17-28)36(32,33)29-18-6-23(3)7-19-29/h6-22H,1-5H3. The van der Waals surface area contributed by atoms with Crippen molar-refractivity contribution in [2.24, 2.45) is 0 Å². The normalized spacial score (nSPS) is 11.9. The third-order valence-electron chi connectivity index (χ3n) is 6.22. The third-order valence-corrected chi connectivity index (χ3v) is 8.01. The van der Waals surface area contributed by atoms with Crippen molar-refractivity contribution in [1.82, 2.24) is 0 Å². The van der Waals surface area contributed by atoms with Gasteiger partial charge in [-0.3, -0.25) is 0 Å². The molecule has 0 spiro atoms. The Labute approximate surface area is 214 Å². The summed E-state index contributed by atoms with van der Waals surface area (Å²) in [6.45, 7) is 10.3. The van der Waals surface area contributed by atoms with E-state index in [9.17, 15) is 8.42 Å². The molecule has 0 saturated carbocycles. The van der Waals surface area contributed by atoms with Crippen molar-refractivity contribution >= 4 is 9.84 Å². The molecule has 0 aromatic heterocycles. The van der Waals surface area contributed by atoms with E-state index in [-0.39, 0.29) is 21.3 Å². The van der Waals surface area contributed by atoms with E-state index in [1.807, 2.05) is 45.0 Å². The lowest BCUT2D eigenvalue weighted by Gasteiger charge is -2.26. The third kappa shape index (κ3) is 5.63. The van der Waals surface area contributed by atoms with Crippen LogP contribution < -0.4 is 9.47 Å². The van der Waals surface area contributed by atoms with Crippen molar-refractivity contribution in [1.29, 1.82) is 0 Å². The summed E-state index contributed by atoms with van der Waals surface area (Å²) in [5, 5.41) is 0. The largest absolute Gasteiger partial charge is 0.491 e. The van der Waals surface area contributed by atoms with Crippen molar-refractivity contribution in [3.8, 4) is 17.2 Å². The highest BCUT2D eigenvalue weighted by molar-refractivity contribution is 7.91. The Bertz CT molecular complexity index is 1400. The van der Waals surface area contributed by atoms with Crippen LogP contribution in [0.15, 0.2) is 107 Å². The summed E-state index contributed by atoms with van der Waals surface area (Å²) in [6, 6.07) is 29.6. The first-order valence-corrected chi connectivity index (χ1v) is 13.5. The maximum atomic E-state index is 12.9. The van der Waals surface area contributed by atoms with Crippen molar-refractivity contribution in [3.05, 3.63) is 114 Å². The predicted molar refractivity (Wildman–Crippen MR) is 144 cm³/mol. The maximum absolute atomic E-state index is 12.9. The number of rotatable bonds is 8. The van der Waals surface area contributed by atoms with E-state index >= 15 is 0 Å². The molecule has 0 amide bonds. The molecule has 36 heavy (non-hydrogen) atoms. The minimum Gasteiger partial charge on any atom is -0.491 e. The second kappa shape index (κ2) is 10.2. The second-order valence-corrected chi connectivity index (χ2v) is 11.7. The molecule has 4 nitrogen and oxygen atoms in total. The fourth-order valence-electron chi connectivity index (χ4n) is 4.01. The van der Waals surface area contributed by atoms with Gasteiger partial charge >= 0.3 is 0 Å². The predicted octanol–water partition coefficient (Wildman–Crippen LogP) is 7.73. The molecule has 4 rings (SSSR count). The molecule has 0 atom stereocenters. The van der Waals surface area contributed by atoms with E-state index in [0.717, 1.165) is 16.9 Å². The molecular formula is C31H32O4S. The lowest BCUT2D eigenvalue weighted by molar-refractivity contribution is 0.242. The Hall–Kier alpha value is -3.57. The van der Waals surface area contributed by atoms with Gasteiger partial charge in [0.25, 0.3) is 0 Å². The maximum Gasteiger partial charge on any atom is 0.206 e. The highest BCUT2D eigenvalue weighted by Gasteiger charge is 2.23. The van der Waals surface area contributed by atoms with Crippen LogP contribution >= 0.6 is 0 Å². The van der Waals surface area contributed by atoms with Gasteiger partial charge in [0.05, 0.1) is 15.9 Å². The lowest BCUT2D eigenvalue weighted by Crippen LogP contribution is -2.18. The summed E-state index contributed by atoms with van der Waals surface area (Å²) < 4.78 is 37.5. The second-order valence-electron chi connectivity index (χ2n) is 9.73. The molecule has 0 fully saturated rings. The van der Waals surface area contributed by atoms with E-state index in [0.29, 0.717) is 11.5 Å². The van der Waals surface area contributed by atoms with Gasteiger partial charge in [-0.2, -0.15) is 0 Å². The quantitative estimate of drug-likeness (QED) is 0.248. The minimum absolute atomic E-state index is 0.144. The molecule has 0 aliphatic heterocycles. The Morgan fingerprint density at radius 2 is 1.00 bits per heavy atom. The van der Waals surface area contributed by atoms with Crippen LogP contribution in [0.2, 0.25) is 0 Å². The van der Waals surface area contributed by atoms with Gasteiger partial charge in [0.2, 0.25) is 9.84 Å². The van der Waals surface area contributed by atoms with E-state index < -0.39 is 9.84 Å². The molecule has 0 bridgehead atoms. The average Bonchev–Trinajstić information content (AvgIpc) is 2.85. The minimum atomic E-state index is -3.57. The van der Waals surface area contributed by atoms with Gasteiger partial charge < -0.3 is 9.47 Å². The van der Waals surface area contributed by atoms with Crippen LogP contribution in [0.25, 0.3) is 0 Å². The highest BCUT2D eigenvalue weighted by atomic mass is 32.2. The van der Waals surface area contributed by atoms with Gasteiger partial charge in [-0.25, -0.2) is 8.42 Å². The van der Waals surface area contributed by atoms with Crippen LogP contribution in [0.4, 0.5) is 0 Å². The zero-order valence-corrected chi connectivity index (χ0v) is 22.2. The number of benzene rings is 4. The number of sulfone groups is 1. The highest BCUT2D eigenvalue weighted by Crippen LogP contribution is 2.34. The topological polar surface area (TPSA) is 52.6 Å². The molecular weight excluding hydrogens is 468 g/mol. The molecule has 0 aliphatic rings. The summed E-state index contributed by atoms with van der Waals surface area (Å²) in [4.78, 5) is 0.516. The average molecular weight is 501 g/mol.